The fraction of sp³-hybridized carbons (Fsp3) is 0.235. The van der Waals surface area contributed by atoms with Crippen molar-refractivity contribution in [1.82, 2.24) is 4.98 Å². The number of pyridine rings is 1. The summed E-state index contributed by atoms with van der Waals surface area (Å²) in [6.45, 7) is 0.342. The van der Waals surface area contributed by atoms with Crippen LogP contribution in [0.25, 0.3) is 10.9 Å². The zero-order valence-electron chi connectivity index (χ0n) is 12.4. The monoisotopic (exact) mass is 328 g/mol. The number of hydrogen-bond acceptors (Lipinski definition) is 5. The number of nitriles is 1. The summed E-state index contributed by atoms with van der Waals surface area (Å²) in [5.41, 5.74) is 1.88. The van der Waals surface area contributed by atoms with Crippen LogP contribution in [-0.4, -0.2) is 30.4 Å². The van der Waals surface area contributed by atoms with E-state index in [0.29, 0.717) is 41.6 Å². The second-order valence-electron chi connectivity index (χ2n) is 4.99. The number of ketones is 1. The highest BCUT2D eigenvalue weighted by molar-refractivity contribution is 6.18. The zero-order valence-corrected chi connectivity index (χ0v) is 13.2. The molecular formula is C17H13ClN2O3. The molecule has 6 heteroatoms. The molecule has 2 aromatic rings. The zero-order chi connectivity index (χ0) is 16.4. The van der Waals surface area contributed by atoms with Crippen LogP contribution in [0, 0.1) is 11.3 Å². The molecule has 1 heterocycles. The van der Waals surface area contributed by atoms with Gasteiger partial charge in [0.05, 0.1) is 24.1 Å². The van der Waals surface area contributed by atoms with E-state index in [0.717, 1.165) is 10.9 Å². The van der Waals surface area contributed by atoms with Gasteiger partial charge in [0.1, 0.15) is 18.4 Å². The molecule has 0 fully saturated rings. The Kier molecular flexibility index (Phi) is 4.18. The number of carbonyl (C=O) groups excluding carboxylic acids is 1. The molecule has 0 amide bonds. The Hall–Kier alpha value is -2.58. The molecule has 5 nitrogen and oxygen atoms in total. The molecule has 0 aliphatic heterocycles. The van der Waals surface area contributed by atoms with Crippen LogP contribution < -0.4 is 9.47 Å². The lowest BCUT2D eigenvalue weighted by molar-refractivity contribution is 0.103. The van der Waals surface area contributed by atoms with Crippen molar-refractivity contribution in [2.75, 3.05) is 19.6 Å². The van der Waals surface area contributed by atoms with Crippen LogP contribution in [0.2, 0.25) is 0 Å². The van der Waals surface area contributed by atoms with E-state index in [9.17, 15) is 4.79 Å². The van der Waals surface area contributed by atoms with Crippen molar-refractivity contribution in [3.05, 3.63) is 41.1 Å². The summed E-state index contributed by atoms with van der Waals surface area (Å²) in [5.74, 6) is 1.12. The molecule has 0 bridgehead atoms. The highest BCUT2D eigenvalue weighted by Gasteiger charge is 2.23. The molecular weight excluding hydrogens is 316 g/mol. The van der Waals surface area contributed by atoms with E-state index in [1.807, 2.05) is 18.2 Å². The van der Waals surface area contributed by atoms with E-state index in [-0.39, 0.29) is 11.4 Å². The predicted octanol–water partition coefficient (Wildman–Crippen LogP) is 3.05. The third-order valence-electron chi connectivity index (χ3n) is 3.62. The van der Waals surface area contributed by atoms with Crippen molar-refractivity contribution in [3.8, 4) is 17.6 Å². The van der Waals surface area contributed by atoms with Crippen molar-refractivity contribution in [2.45, 2.75) is 6.42 Å². The number of hydrogen-bond donors (Lipinski definition) is 0. The summed E-state index contributed by atoms with van der Waals surface area (Å²) in [6.07, 6.45) is 2.15. The fourth-order valence-electron chi connectivity index (χ4n) is 2.53. The maximum Gasteiger partial charge on any atom is 0.221 e. The Labute approximate surface area is 138 Å². The number of aromatic nitrogens is 1. The summed E-state index contributed by atoms with van der Waals surface area (Å²) < 4.78 is 10.9. The van der Waals surface area contributed by atoms with E-state index in [4.69, 9.17) is 26.3 Å². The van der Waals surface area contributed by atoms with Crippen molar-refractivity contribution < 1.29 is 14.3 Å². The van der Waals surface area contributed by atoms with Crippen LogP contribution in [0.4, 0.5) is 0 Å². The molecule has 0 N–H and O–H groups in total. The van der Waals surface area contributed by atoms with Crippen LogP contribution >= 0.6 is 11.6 Å². The van der Waals surface area contributed by atoms with Crippen LogP contribution in [0.1, 0.15) is 16.1 Å². The van der Waals surface area contributed by atoms with Crippen LogP contribution in [0.3, 0.4) is 0 Å². The molecule has 3 rings (SSSR count). The number of methoxy groups -OCH3 is 1. The van der Waals surface area contributed by atoms with E-state index < -0.39 is 0 Å². The van der Waals surface area contributed by atoms with Gasteiger partial charge in [0.15, 0.2) is 11.5 Å². The normalized spacial score (nSPS) is 13.3. The minimum atomic E-state index is -0.338. The van der Waals surface area contributed by atoms with E-state index >= 15 is 0 Å². The average Bonchev–Trinajstić information content (AvgIpc) is 2.58. The lowest BCUT2D eigenvalue weighted by Crippen LogP contribution is -2.13. The Morgan fingerprint density at radius 3 is 2.87 bits per heavy atom. The second-order valence-corrected chi connectivity index (χ2v) is 5.37. The molecule has 1 aromatic heterocycles. The van der Waals surface area contributed by atoms with Gasteiger partial charge in [-0.05, 0) is 24.1 Å². The van der Waals surface area contributed by atoms with Gasteiger partial charge in [-0.1, -0.05) is 6.08 Å². The van der Waals surface area contributed by atoms with Crippen molar-refractivity contribution >= 4 is 28.3 Å². The first-order chi connectivity index (χ1) is 11.2. The van der Waals surface area contributed by atoms with Gasteiger partial charge in [-0.15, -0.1) is 11.6 Å². The lowest BCUT2D eigenvalue weighted by Gasteiger charge is -2.15. The first-order valence-corrected chi connectivity index (χ1v) is 7.56. The molecule has 0 radical (unpaired) electrons. The Bertz CT molecular complexity index is 868. The summed E-state index contributed by atoms with van der Waals surface area (Å²) in [7, 11) is 1.56. The van der Waals surface area contributed by atoms with E-state index in [2.05, 4.69) is 4.98 Å². The van der Waals surface area contributed by atoms with Crippen LogP contribution in [-0.2, 0) is 6.42 Å². The van der Waals surface area contributed by atoms with E-state index in [1.54, 1.807) is 19.3 Å². The number of Topliss-reactive ketones (excluding diaryl/α,β-unsaturated/α-hetero) is 1. The minimum Gasteiger partial charge on any atom is -0.493 e. The number of rotatable bonds is 4. The van der Waals surface area contributed by atoms with Crippen molar-refractivity contribution in [1.29, 1.82) is 5.26 Å². The first-order valence-electron chi connectivity index (χ1n) is 7.03. The van der Waals surface area contributed by atoms with Crippen molar-refractivity contribution in [2.24, 2.45) is 0 Å². The number of nitrogens with zero attached hydrogens (tertiary/aromatic N) is 2. The molecule has 1 aliphatic carbocycles. The van der Waals surface area contributed by atoms with Crippen LogP contribution in [0.15, 0.2) is 29.8 Å². The van der Waals surface area contributed by atoms with Crippen molar-refractivity contribution in [3.63, 3.8) is 0 Å². The van der Waals surface area contributed by atoms with Gasteiger partial charge in [-0.25, -0.2) is 4.98 Å². The van der Waals surface area contributed by atoms with Gasteiger partial charge in [0.2, 0.25) is 5.78 Å². The molecule has 0 saturated heterocycles. The number of benzene rings is 1. The molecule has 0 unspecified atom stereocenters. The average molecular weight is 329 g/mol. The molecule has 0 saturated carbocycles. The molecule has 23 heavy (non-hydrogen) atoms. The highest BCUT2D eigenvalue weighted by atomic mass is 35.5. The second kappa shape index (κ2) is 6.27. The Morgan fingerprint density at radius 1 is 1.35 bits per heavy atom. The van der Waals surface area contributed by atoms with Gasteiger partial charge >= 0.3 is 0 Å². The number of allylic oxidation sites excluding steroid dienone is 2. The summed E-state index contributed by atoms with van der Waals surface area (Å²) >= 11 is 5.65. The Morgan fingerprint density at radius 2 is 2.17 bits per heavy atom. The van der Waals surface area contributed by atoms with Gasteiger partial charge in [0.25, 0.3) is 0 Å². The van der Waals surface area contributed by atoms with E-state index in [1.165, 1.54) is 0 Å². The topological polar surface area (TPSA) is 72.2 Å². The third kappa shape index (κ3) is 2.73. The van der Waals surface area contributed by atoms with Gasteiger partial charge in [-0.2, -0.15) is 5.26 Å². The first kappa shape index (κ1) is 15.3. The highest BCUT2D eigenvalue weighted by Crippen LogP contribution is 2.33. The third-order valence-corrected chi connectivity index (χ3v) is 3.77. The SMILES string of the molecule is COc1cc2cc3c(nc2cc1OCCCl)C(=O)C(C#N)=CC3. The standard InChI is InChI=1S/C17H13ClN2O3/c1-22-14-7-12-6-10-2-3-11(9-19)17(21)16(10)20-13(12)8-15(14)23-5-4-18/h3,6-8H,2,4-5H2,1H3. The molecule has 0 atom stereocenters. The van der Waals surface area contributed by atoms with Gasteiger partial charge < -0.3 is 9.47 Å². The number of alkyl halides is 1. The molecule has 0 spiro atoms. The maximum atomic E-state index is 12.2. The fourth-order valence-corrected chi connectivity index (χ4v) is 2.60. The Balaban J connectivity index is 2.13. The maximum absolute atomic E-state index is 12.2. The smallest absolute Gasteiger partial charge is 0.221 e. The lowest BCUT2D eigenvalue weighted by atomic mass is 9.94. The van der Waals surface area contributed by atoms with Crippen LogP contribution in [0.5, 0.6) is 11.5 Å². The molecule has 116 valence electrons. The minimum absolute atomic E-state index is 0.136. The van der Waals surface area contributed by atoms with Gasteiger partial charge in [0, 0.05) is 11.5 Å². The number of halogens is 1. The number of fused-ring (bicyclic) bond motifs is 2. The molecule has 1 aliphatic rings. The largest absolute Gasteiger partial charge is 0.493 e. The summed E-state index contributed by atoms with van der Waals surface area (Å²) in [6, 6.07) is 7.35. The summed E-state index contributed by atoms with van der Waals surface area (Å²) in [4.78, 5) is 16.7. The number of carbonyl (C=O) groups is 1. The quantitative estimate of drug-likeness (QED) is 0.807. The molecule has 1 aromatic carbocycles. The summed E-state index contributed by atoms with van der Waals surface area (Å²) in [5, 5.41) is 9.84. The predicted molar refractivity (Wildman–Crippen MR) is 86.2 cm³/mol. The number of ether oxygens (including phenoxy) is 2. The van der Waals surface area contributed by atoms with Gasteiger partial charge in [-0.3, -0.25) is 4.79 Å².